The summed E-state index contributed by atoms with van der Waals surface area (Å²) in [6, 6.07) is 9.92. The van der Waals surface area contributed by atoms with Crippen molar-refractivity contribution in [3.63, 3.8) is 0 Å². The van der Waals surface area contributed by atoms with Crippen molar-refractivity contribution in [3.05, 3.63) is 65.1 Å². The normalized spacial score (nSPS) is 16.0. The SMILES string of the molecule is COc1cc2ncc(C#N)c(Nc3ccc(F)c(Cl)c3)c2cc1NC(=O)/C=C/[C@@H]1CCCN1C. The third-order valence-electron chi connectivity index (χ3n) is 5.80. The highest BCUT2D eigenvalue weighted by Gasteiger charge is 2.19. The van der Waals surface area contributed by atoms with Gasteiger partial charge in [-0.05, 0) is 50.7 Å². The van der Waals surface area contributed by atoms with Crippen LogP contribution in [0.5, 0.6) is 5.75 Å². The van der Waals surface area contributed by atoms with Crippen molar-refractivity contribution in [2.24, 2.45) is 0 Å². The first-order valence-electron chi connectivity index (χ1n) is 10.7. The number of pyridine rings is 1. The van der Waals surface area contributed by atoms with Gasteiger partial charge in [0, 0.05) is 35.5 Å². The number of carbonyl (C=O) groups excluding carboxylic acids is 1. The van der Waals surface area contributed by atoms with Crippen molar-refractivity contribution >= 4 is 45.5 Å². The second-order valence-corrected chi connectivity index (χ2v) is 8.43. The Morgan fingerprint density at radius 2 is 2.21 bits per heavy atom. The van der Waals surface area contributed by atoms with Crippen LogP contribution in [0.1, 0.15) is 18.4 Å². The average Bonchev–Trinajstić information content (AvgIpc) is 3.24. The van der Waals surface area contributed by atoms with Crippen molar-refractivity contribution in [2.75, 3.05) is 31.3 Å². The van der Waals surface area contributed by atoms with Crippen molar-refractivity contribution in [1.82, 2.24) is 9.88 Å². The summed E-state index contributed by atoms with van der Waals surface area (Å²) in [7, 11) is 3.54. The third-order valence-corrected chi connectivity index (χ3v) is 6.09. The second kappa shape index (κ2) is 10.1. The van der Waals surface area contributed by atoms with E-state index in [9.17, 15) is 14.4 Å². The van der Waals surface area contributed by atoms with E-state index in [1.165, 1.54) is 37.6 Å². The summed E-state index contributed by atoms with van der Waals surface area (Å²) in [4.78, 5) is 19.2. The standard InChI is InChI=1S/C25H23ClFN5O2/c1-32-9-3-4-17(32)6-8-24(33)31-22-11-18-21(12-23(22)34-2)29-14-15(13-28)25(18)30-16-5-7-20(27)19(26)10-16/h5-8,10-12,14,17H,3-4,9H2,1-2H3,(H,29,30)(H,31,33)/b8-6+/t17-/m0/s1. The molecule has 4 rings (SSSR count). The van der Waals surface area contributed by atoms with Crippen LogP contribution in [0.3, 0.4) is 0 Å². The molecule has 0 unspecified atom stereocenters. The van der Waals surface area contributed by atoms with Gasteiger partial charge in [0.25, 0.3) is 0 Å². The van der Waals surface area contributed by atoms with E-state index in [0.29, 0.717) is 33.7 Å². The van der Waals surface area contributed by atoms with Gasteiger partial charge in [-0.3, -0.25) is 14.7 Å². The van der Waals surface area contributed by atoms with Gasteiger partial charge in [-0.25, -0.2) is 4.39 Å². The molecule has 7 nitrogen and oxygen atoms in total. The number of nitriles is 1. The average molecular weight is 480 g/mol. The predicted molar refractivity (Wildman–Crippen MR) is 131 cm³/mol. The molecule has 1 atom stereocenters. The molecule has 3 aromatic rings. The summed E-state index contributed by atoms with van der Waals surface area (Å²) in [6.07, 6.45) is 6.99. The molecular formula is C25H23ClFN5O2. The van der Waals surface area contributed by atoms with E-state index in [1.807, 2.05) is 13.1 Å². The number of halogens is 2. The van der Waals surface area contributed by atoms with Gasteiger partial charge < -0.3 is 15.4 Å². The Labute approximate surface area is 201 Å². The smallest absolute Gasteiger partial charge is 0.248 e. The number of likely N-dealkylation sites (tertiary alicyclic amines) is 1. The lowest BCUT2D eigenvalue weighted by Gasteiger charge is -2.16. The molecule has 174 valence electrons. The molecule has 1 amide bonds. The zero-order valence-electron chi connectivity index (χ0n) is 18.7. The molecule has 0 radical (unpaired) electrons. The van der Waals surface area contributed by atoms with Crippen molar-refractivity contribution in [1.29, 1.82) is 5.26 Å². The molecule has 9 heteroatoms. The molecular weight excluding hydrogens is 457 g/mol. The second-order valence-electron chi connectivity index (χ2n) is 8.02. The fourth-order valence-corrected chi connectivity index (χ4v) is 4.16. The van der Waals surface area contributed by atoms with Crippen LogP contribution in [0.15, 0.2) is 48.7 Å². The van der Waals surface area contributed by atoms with Crippen LogP contribution in [-0.2, 0) is 4.79 Å². The Morgan fingerprint density at radius 3 is 2.88 bits per heavy atom. The molecule has 2 N–H and O–H groups in total. The highest BCUT2D eigenvalue weighted by Crippen LogP contribution is 2.36. The van der Waals surface area contributed by atoms with Crippen LogP contribution in [0.4, 0.5) is 21.5 Å². The number of anilines is 3. The topological polar surface area (TPSA) is 90.3 Å². The molecule has 1 aliphatic heterocycles. The van der Waals surface area contributed by atoms with E-state index in [-0.39, 0.29) is 22.5 Å². The lowest BCUT2D eigenvalue weighted by Crippen LogP contribution is -2.23. The maximum absolute atomic E-state index is 13.6. The number of nitrogens with zero attached hydrogens (tertiary/aromatic N) is 3. The number of methoxy groups -OCH3 is 1. The summed E-state index contributed by atoms with van der Waals surface area (Å²) >= 11 is 5.91. The van der Waals surface area contributed by atoms with Gasteiger partial charge >= 0.3 is 0 Å². The highest BCUT2D eigenvalue weighted by atomic mass is 35.5. The number of hydrogen-bond acceptors (Lipinski definition) is 6. The van der Waals surface area contributed by atoms with Crippen LogP contribution in [0.25, 0.3) is 10.9 Å². The first-order chi connectivity index (χ1) is 16.4. The lowest BCUT2D eigenvalue weighted by molar-refractivity contribution is -0.111. The first kappa shape index (κ1) is 23.5. The molecule has 1 aromatic heterocycles. The predicted octanol–water partition coefficient (Wildman–Crippen LogP) is 5.24. The third kappa shape index (κ3) is 4.96. The number of benzene rings is 2. The Balaban J connectivity index is 1.70. The van der Waals surface area contributed by atoms with Gasteiger partial charge in [0.05, 0.1) is 34.6 Å². The number of likely N-dealkylation sites (N-methyl/N-ethyl adjacent to an activating group) is 1. The van der Waals surface area contributed by atoms with Gasteiger partial charge in [-0.2, -0.15) is 5.26 Å². The zero-order chi connectivity index (χ0) is 24.2. The maximum Gasteiger partial charge on any atom is 0.248 e. The van der Waals surface area contributed by atoms with E-state index in [4.69, 9.17) is 16.3 Å². The van der Waals surface area contributed by atoms with Crippen LogP contribution in [0.2, 0.25) is 5.02 Å². The molecule has 1 aliphatic rings. The zero-order valence-corrected chi connectivity index (χ0v) is 19.5. The quantitative estimate of drug-likeness (QED) is 0.470. The van der Waals surface area contributed by atoms with Crippen LogP contribution in [0, 0.1) is 17.1 Å². The molecule has 1 saturated heterocycles. The summed E-state index contributed by atoms with van der Waals surface area (Å²) in [5, 5.41) is 16.2. The molecule has 2 aromatic carbocycles. The minimum Gasteiger partial charge on any atom is -0.494 e. The summed E-state index contributed by atoms with van der Waals surface area (Å²) < 4.78 is 19.1. The Bertz CT molecular complexity index is 1320. The molecule has 0 spiro atoms. The van der Waals surface area contributed by atoms with Gasteiger partial charge in [0.1, 0.15) is 17.6 Å². The number of ether oxygens (including phenoxy) is 1. The van der Waals surface area contributed by atoms with Gasteiger partial charge in [-0.1, -0.05) is 17.7 Å². The van der Waals surface area contributed by atoms with Crippen molar-refractivity contribution in [2.45, 2.75) is 18.9 Å². The number of rotatable bonds is 6. The minimum absolute atomic E-state index is 0.0452. The van der Waals surface area contributed by atoms with Crippen LogP contribution < -0.4 is 15.4 Å². The van der Waals surface area contributed by atoms with Crippen molar-refractivity contribution < 1.29 is 13.9 Å². The van der Waals surface area contributed by atoms with E-state index < -0.39 is 5.82 Å². The Hall–Kier alpha value is -3.67. The minimum atomic E-state index is -0.543. The fraction of sp³-hybridized carbons (Fsp3) is 0.240. The molecule has 2 heterocycles. The Morgan fingerprint density at radius 1 is 1.38 bits per heavy atom. The van der Waals surface area contributed by atoms with Gasteiger partial charge in [-0.15, -0.1) is 0 Å². The molecule has 34 heavy (non-hydrogen) atoms. The largest absolute Gasteiger partial charge is 0.494 e. The number of nitrogens with one attached hydrogen (secondary N) is 2. The monoisotopic (exact) mass is 479 g/mol. The molecule has 0 bridgehead atoms. The maximum atomic E-state index is 13.6. The Kier molecular flexibility index (Phi) is 6.96. The van der Waals surface area contributed by atoms with E-state index in [1.54, 1.807) is 12.1 Å². The molecule has 0 aliphatic carbocycles. The molecule has 1 fully saturated rings. The van der Waals surface area contributed by atoms with Crippen LogP contribution in [-0.4, -0.2) is 42.5 Å². The van der Waals surface area contributed by atoms with Crippen LogP contribution >= 0.6 is 11.6 Å². The van der Waals surface area contributed by atoms with Gasteiger partial charge in [0.15, 0.2) is 0 Å². The van der Waals surface area contributed by atoms with E-state index in [0.717, 1.165) is 19.4 Å². The number of amides is 1. The number of carbonyl (C=O) groups is 1. The highest BCUT2D eigenvalue weighted by molar-refractivity contribution is 6.31. The molecule has 0 saturated carbocycles. The number of aromatic nitrogens is 1. The van der Waals surface area contributed by atoms with E-state index in [2.05, 4.69) is 26.6 Å². The van der Waals surface area contributed by atoms with E-state index >= 15 is 0 Å². The first-order valence-corrected chi connectivity index (χ1v) is 11.1. The summed E-state index contributed by atoms with van der Waals surface area (Å²) in [6.45, 7) is 1.01. The summed E-state index contributed by atoms with van der Waals surface area (Å²) in [5.41, 5.74) is 2.21. The van der Waals surface area contributed by atoms with Gasteiger partial charge in [0.2, 0.25) is 5.91 Å². The van der Waals surface area contributed by atoms with Crippen molar-refractivity contribution in [3.8, 4) is 11.8 Å². The number of fused-ring (bicyclic) bond motifs is 1. The number of hydrogen-bond donors (Lipinski definition) is 2. The summed E-state index contributed by atoms with van der Waals surface area (Å²) in [5.74, 6) is -0.402. The fourth-order valence-electron chi connectivity index (χ4n) is 3.98. The lowest BCUT2D eigenvalue weighted by atomic mass is 10.1.